The molecule has 4 nitrogen and oxygen atoms in total. The summed E-state index contributed by atoms with van der Waals surface area (Å²) in [6.45, 7) is 5.23. The summed E-state index contributed by atoms with van der Waals surface area (Å²) in [5, 5.41) is 6.94. The zero-order chi connectivity index (χ0) is 12.8. The second kappa shape index (κ2) is 9.00. The van der Waals surface area contributed by atoms with E-state index in [-0.39, 0.29) is 24.0 Å². The van der Waals surface area contributed by atoms with Crippen LogP contribution in [0.25, 0.3) is 0 Å². The fourth-order valence-corrected chi connectivity index (χ4v) is 2.99. The Labute approximate surface area is 134 Å². The van der Waals surface area contributed by atoms with Gasteiger partial charge in [-0.3, -0.25) is 4.99 Å². The molecule has 1 aliphatic heterocycles. The molecule has 1 atom stereocenters. The van der Waals surface area contributed by atoms with Gasteiger partial charge in [0.05, 0.1) is 6.54 Å². The Balaban J connectivity index is 0.00000180. The van der Waals surface area contributed by atoms with E-state index in [1.807, 2.05) is 0 Å². The van der Waals surface area contributed by atoms with E-state index in [9.17, 15) is 0 Å². The quantitative estimate of drug-likeness (QED) is 0.446. The molecule has 0 bridgehead atoms. The van der Waals surface area contributed by atoms with Crippen molar-refractivity contribution in [1.29, 1.82) is 0 Å². The van der Waals surface area contributed by atoms with Crippen molar-refractivity contribution in [1.82, 2.24) is 15.5 Å². The lowest BCUT2D eigenvalue weighted by molar-refractivity contribution is 0.317. The first-order chi connectivity index (χ1) is 8.79. The van der Waals surface area contributed by atoms with E-state index in [4.69, 9.17) is 4.99 Å². The summed E-state index contributed by atoms with van der Waals surface area (Å²) in [5.41, 5.74) is 0. The van der Waals surface area contributed by atoms with Crippen molar-refractivity contribution in [2.75, 3.05) is 26.7 Å². The SMILES string of the molecule is CCNC(=NCC1CCCN1C)NC1CCCC1.I. The summed E-state index contributed by atoms with van der Waals surface area (Å²) >= 11 is 0. The van der Waals surface area contributed by atoms with Gasteiger partial charge in [0.1, 0.15) is 0 Å². The molecule has 5 heteroatoms. The topological polar surface area (TPSA) is 39.7 Å². The molecule has 2 fully saturated rings. The Kier molecular flexibility index (Phi) is 8.06. The van der Waals surface area contributed by atoms with Gasteiger partial charge in [-0.05, 0) is 46.2 Å². The smallest absolute Gasteiger partial charge is 0.191 e. The lowest BCUT2D eigenvalue weighted by atomic mass is 10.2. The third kappa shape index (κ3) is 5.45. The summed E-state index contributed by atoms with van der Waals surface area (Å²) < 4.78 is 0. The highest BCUT2D eigenvalue weighted by atomic mass is 127. The van der Waals surface area contributed by atoms with Crippen molar-refractivity contribution in [2.24, 2.45) is 4.99 Å². The van der Waals surface area contributed by atoms with Crippen LogP contribution in [-0.4, -0.2) is 49.6 Å². The largest absolute Gasteiger partial charge is 0.357 e. The summed E-state index contributed by atoms with van der Waals surface area (Å²) in [5.74, 6) is 1.02. The number of likely N-dealkylation sites (tertiary alicyclic amines) is 1. The van der Waals surface area contributed by atoms with Crippen LogP contribution in [0, 0.1) is 0 Å². The second-order valence-corrected chi connectivity index (χ2v) is 5.62. The molecule has 0 aromatic rings. The van der Waals surface area contributed by atoms with Gasteiger partial charge in [-0.2, -0.15) is 0 Å². The van der Waals surface area contributed by atoms with Gasteiger partial charge in [0, 0.05) is 18.6 Å². The minimum Gasteiger partial charge on any atom is -0.357 e. The van der Waals surface area contributed by atoms with E-state index in [0.717, 1.165) is 19.0 Å². The maximum absolute atomic E-state index is 4.76. The van der Waals surface area contributed by atoms with E-state index in [1.54, 1.807) is 0 Å². The van der Waals surface area contributed by atoms with E-state index < -0.39 is 0 Å². The van der Waals surface area contributed by atoms with Crippen molar-refractivity contribution < 1.29 is 0 Å². The molecule has 1 saturated carbocycles. The maximum atomic E-state index is 4.76. The van der Waals surface area contributed by atoms with Gasteiger partial charge in [-0.1, -0.05) is 12.8 Å². The molecule has 0 amide bonds. The van der Waals surface area contributed by atoms with Crippen LogP contribution in [0.3, 0.4) is 0 Å². The number of likely N-dealkylation sites (N-methyl/N-ethyl adjacent to an activating group) is 1. The predicted octanol–water partition coefficient (Wildman–Crippen LogP) is 2.20. The lowest BCUT2D eigenvalue weighted by Gasteiger charge is -2.20. The monoisotopic (exact) mass is 380 g/mol. The second-order valence-electron chi connectivity index (χ2n) is 5.62. The highest BCUT2D eigenvalue weighted by Gasteiger charge is 2.21. The third-order valence-corrected chi connectivity index (χ3v) is 4.17. The van der Waals surface area contributed by atoms with Crippen molar-refractivity contribution in [3.63, 3.8) is 0 Å². The summed E-state index contributed by atoms with van der Waals surface area (Å²) in [4.78, 5) is 7.20. The molecular formula is C14H29IN4. The molecule has 0 radical (unpaired) electrons. The molecule has 1 heterocycles. The van der Waals surface area contributed by atoms with E-state index in [1.165, 1.54) is 45.1 Å². The van der Waals surface area contributed by atoms with Gasteiger partial charge in [0.15, 0.2) is 5.96 Å². The minimum absolute atomic E-state index is 0. The van der Waals surface area contributed by atoms with Crippen LogP contribution in [0.1, 0.15) is 45.4 Å². The van der Waals surface area contributed by atoms with Crippen molar-refractivity contribution in [3.8, 4) is 0 Å². The fraction of sp³-hybridized carbons (Fsp3) is 0.929. The molecule has 19 heavy (non-hydrogen) atoms. The first kappa shape index (κ1) is 17.0. The van der Waals surface area contributed by atoms with Crippen LogP contribution < -0.4 is 10.6 Å². The number of halogens is 1. The first-order valence-corrected chi connectivity index (χ1v) is 7.54. The average molecular weight is 380 g/mol. The van der Waals surface area contributed by atoms with Crippen LogP contribution in [0.2, 0.25) is 0 Å². The van der Waals surface area contributed by atoms with Gasteiger partial charge in [0.25, 0.3) is 0 Å². The Morgan fingerprint density at radius 3 is 2.53 bits per heavy atom. The Hall–Kier alpha value is -0.0400. The first-order valence-electron chi connectivity index (χ1n) is 7.54. The molecule has 2 aliphatic rings. The Morgan fingerprint density at radius 2 is 1.95 bits per heavy atom. The number of guanidine groups is 1. The molecule has 1 aliphatic carbocycles. The number of rotatable bonds is 4. The Bertz CT molecular complexity index is 277. The van der Waals surface area contributed by atoms with Gasteiger partial charge in [-0.15, -0.1) is 24.0 Å². The summed E-state index contributed by atoms with van der Waals surface area (Å²) in [6.07, 6.45) is 7.94. The summed E-state index contributed by atoms with van der Waals surface area (Å²) in [6, 6.07) is 1.29. The predicted molar refractivity (Wildman–Crippen MR) is 92.4 cm³/mol. The van der Waals surface area contributed by atoms with Crippen LogP contribution in [0.15, 0.2) is 4.99 Å². The maximum Gasteiger partial charge on any atom is 0.191 e. The van der Waals surface area contributed by atoms with Crippen molar-refractivity contribution in [3.05, 3.63) is 0 Å². The standard InChI is InChI=1S/C14H28N4.HI/c1-3-15-14(17-12-7-4-5-8-12)16-11-13-9-6-10-18(13)2;/h12-13H,3-11H2,1-2H3,(H2,15,16,17);1H. The summed E-state index contributed by atoms with van der Waals surface area (Å²) in [7, 11) is 2.21. The number of hydrogen-bond acceptors (Lipinski definition) is 2. The van der Waals surface area contributed by atoms with E-state index in [0.29, 0.717) is 12.1 Å². The number of nitrogens with zero attached hydrogens (tertiary/aromatic N) is 2. The van der Waals surface area contributed by atoms with Gasteiger partial charge in [-0.25, -0.2) is 0 Å². The average Bonchev–Trinajstić information content (AvgIpc) is 2.98. The molecule has 0 spiro atoms. The molecule has 1 unspecified atom stereocenters. The van der Waals surface area contributed by atoms with Crippen LogP contribution >= 0.6 is 24.0 Å². The minimum atomic E-state index is 0. The molecule has 0 aromatic carbocycles. The third-order valence-electron chi connectivity index (χ3n) is 4.17. The van der Waals surface area contributed by atoms with E-state index >= 15 is 0 Å². The van der Waals surface area contributed by atoms with Crippen molar-refractivity contribution in [2.45, 2.75) is 57.5 Å². The fourth-order valence-electron chi connectivity index (χ4n) is 2.99. The van der Waals surface area contributed by atoms with Crippen LogP contribution in [0.4, 0.5) is 0 Å². The molecule has 0 aromatic heterocycles. The van der Waals surface area contributed by atoms with Gasteiger partial charge in [0.2, 0.25) is 0 Å². The zero-order valence-electron chi connectivity index (χ0n) is 12.3. The highest BCUT2D eigenvalue weighted by Crippen LogP contribution is 2.18. The number of aliphatic imine (C=N–C) groups is 1. The van der Waals surface area contributed by atoms with Gasteiger partial charge >= 0.3 is 0 Å². The number of hydrogen-bond donors (Lipinski definition) is 2. The van der Waals surface area contributed by atoms with E-state index in [2.05, 4.69) is 29.5 Å². The molecule has 2 rings (SSSR count). The zero-order valence-corrected chi connectivity index (χ0v) is 14.7. The lowest BCUT2D eigenvalue weighted by Crippen LogP contribution is -2.43. The van der Waals surface area contributed by atoms with Crippen LogP contribution in [0.5, 0.6) is 0 Å². The molecule has 112 valence electrons. The number of nitrogens with one attached hydrogen (secondary N) is 2. The molecule has 1 saturated heterocycles. The Morgan fingerprint density at radius 1 is 1.21 bits per heavy atom. The van der Waals surface area contributed by atoms with Gasteiger partial charge < -0.3 is 15.5 Å². The van der Waals surface area contributed by atoms with Crippen molar-refractivity contribution >= 4 is 29.9 Å². The molecule has 2 N–H and O–H groups in total. The normalized spacial score (nSPS) is 25.4. The van der Waals surface area contributed by atoms with Crippen LogP contribution in [-0.2, 0) is 0 Å². The molecular weight excluding hydrogens is 351 g/mol. The highest BCUT2D eigenvalue weighted by molar-refractivity contribution is 14.0.